The summed E-state index contributed by atoms with van der Waals surface area (Å²) in [5, 5.41) is 3.48. The minimum atomic E-state index is -0.0713. The first-order chi connectivity index (χ1) is 9.02. The molecule has 1 heterocycles. The van der Waals surface area contributed by atoms with Crippen molar-refractivity contribution in [3.8, 4) is 0 Å². The molecule has 19 heavy (non-hydrogen) atoms. The summed E-state index contributed by atoms with van der Waals surface area (Å²) in [5.74, 6) is -0.0713. The van der Waals surface area contributed by atoms with Gasteiger partial charge >= 0.3 is 0 Å². The standard InChI is InChI=1S/C14H15N3OS/c1-9-8-10(2)16-14(15-9)19-13-6-4-12(5-7-13)17-11(3)18/h4-8H,1-3H3,(H,17,18). The van der Waals surface area contributed by atoms with Crippen LogP contribution in [-0.4, -0.2) is 15.9 Å². The Morgan fingerprint density at radius 3 is 2.21 bits per heavy atom. The molecule has 2 aromatic rings. The van der Waals surface area contributed by atoms with Crippen molar-refractivity contribution in [1.82, 2.24) is 9.97 Å². The van der Waals surface area contributed by atoms with Gasteiger partial charge in [0.05, 0.1) is 0 Å². The zero-order chi connectivity index (χ0) is 13.8. The smallest absolute Gasteiger partial charge is 0.221 e. The summed E-state index contributed by atoms with van der Waals surface area (Å²) in [4.78, 5) is 20.7. The minimum Gasteiger partial charge on any atom is -0.326 e. The lowest BCUT2D eigenvalue weighted by Gasteiger charge is -2.05. The number of nitrogens with one attached hydrogen (secondary N) is 1. The molecule has 1 aromatic carbocycles. The van der Waals surface area contributed by atoms with Crippen molar-refractivity contribution in [3.63, 3.8) is 0 Å². The number of hydrogen-bond donors (Lipinski definition) is 1. The van der Waals surface area contributed by atoms with E-state index in [4.69, 9.17) is 0 Å². The summed E-state index contributed by atoms with van der Waals surface area (Å²) in [6, 6.07) is 9.57. The summed E-state index contributed by atoms with van der Waals surface area (Å²) in [6.07, 6.45) is 0. The SMILES string of the molecule is CC(=O)Nc1ccc(Sc2nc(C)cc(C)n2)cc1. The molecule has 0 saturated carbocycles. The summed E-state index contributed by atoms with van der Waals surface area (Å²) in [6.45, 7) is 5.41. The number of aryl methyl sites for hydroxylation is 2. The molecule has 0 fully saturated rings. The normalized spacial score (nSPS) is 10.3. The van der Waals surface area contributed by atoms with E-state index in [-0.39, 0.29) is 5.91 Å². The second kappa shape index (κ2) is 5.84. The fourth-order valence-corrected chi connectivity index (χ4v) is 2.52. The largest absolute Gasteiger partial charge is 0.326 e. The Hall–Kier alpha value is -1.88. The van der Waals surface area contributed by atoms with Crippen LogP contribution in [0, 0.1) is 13.8 Å². The van der Waals surface area contributed by atoms with Crippen molar-refractivity contribution in [2.75, 3.05) is 5.32 Å². The summed E-state index contributed by atoms with van der Waals surface area (Å²) < 4.78 is 0. The van der Waals surface area contributed by atoms with E-state index in [1.54, 1.807) is 0 Å². The van der Waals surface area contributed by atoms with Gasteiger partial charge in [0.1, 0.15) is 0 Å². The number of carbonyl (C=O) groups is 1. The van der Waals surface area contributed by atoms with Crippen LogP contribution in [0.3, 0.4) is 0 Å². The van der Waals surface area contributed by atoms with Gasteiger partial charge in [-0.1, -0.05) is 0 Å². The first kappa shape index (κ1) is 13.5. The Bertz CT molecular complexity index is 576. The van der Waals surface area contributed by atoms with Gasteiger partial charge in [-0.15, -0.1) is 0 Å². The maximum atomic E-state index is 10.9. The lowest BCUT2D eigenvalue weighted by atomic mass is 10.3. The van der Waals surface area contributed by atoms with Gasteiger partial charge in [0.25, 0.3) is 0 Å². The van der Waals surface area contributed by atoms with Crippen LogP contribution in [0.15, 0.2) is 40.4 Å². The number of aromatic nitrogens is 2. The fraction of sp³-hybridized carbons (Fsp3) is 0.214. The van der Waals surface area contributed by atoms with Gasteiger partial charge in [0.15, 0.2) is 5.16 Å². The first-order valence-corrected chi connectivity index (χ1v) is 6.72. The third-order valence-corrected chi connectivity index (χ3v) is 3.22. The van der Waals surface area contributed by atoms with Crippen LogP contribution in [0.2, 0.25) is 0 Å². The summed E-state index contributed by atoms with van der Waals surface area (Å²) in [5.41, 5.74) is 2.72. The fourth-order valence-electron chi connectivity index (χ4n) is 1.65. The van der Waals surface area contributed by atoms with Crippen LogP contribution in [-0.2, 0) is 4.79 Å². The molecular weight excluding hydrogens is 258 g/mol. The van der Waals surface area contributed by atoms with E-state index in [9.17, 15) is 4.79 Å². The Kier molecular flexibility index (Phi) is 4.16. The first-order valence-electron chi connectivity index (χ1n) is 5.91. The molecular formula is C14H15N3OS. The van der Waals surface area contributed by atoms with E-state index in [1.807, 2.05) is 44.2 Å². The second-order valence-corrected chi connectivity index (χ2v) is 5.28. The van der Waals surface area contributed by atoms with Crippen molar-refractivity contribution in [1.29, 1.82) is 0 Å². The molecule has 0 aliphatic carbocycles. The highest BCUT2D eigenvalue weighted by Crippen LogP contribution is 2.26. The molecule has 0 radical (unpaired) electrons. The number of nitrogens with zero attached hydrogens (tertiary/aromatic N) is 2. The molecule has 0 aliphatic rings. The maximum Gasteiger partial charge on any atom is 0.221 e. The highest BCUT2D eigenvalue weighted by molar-refractivity contribution is 7.99. The third-order valence-electron chi connectivity index (χ3n) is 2.35. The zero-order valence-corrected chi connectivity index (χ0v) is 11.9. The van der Waals surface area contributed by atoms with Crippen LogP contribution >= 0.6 is 11.8 Å². The zero-order valence-electron chi connectivity index (χ0n) is 11.1. The lowest BCUT2D eigenvalue weighted by molar-refractivity contribution is -0.114. The highest BCUT2D eigenvalue weighted by Gasteiger charge is 2.03. The van der Waals surface area contributed by atoms with Gasteiger partial charge in [-0.2, -0.15) is 0 Å². The molecule has 0 aliphatic heterocycles. The van der Waals surface area contributed by atoms with E-state index >= 15 is 0 Å². The number of amides is 1. The molecule has 0 bridgehead atoms. The van der Waals surface area contributed by atoms with Gasteiger partial charge in [-0.05, 0) is 55.9 Å². The van der Waals surface area contributed by atoms with E-state index in [1.165, 1.54) is 18.7 Å². The van der Waals surface area contributed by atoms with Crippen molar-refractivity contribution < 1.29 is 4.79 Å². The van der Waals surface area contributed by atoms with Crippen LogP contribution in [0.5, 0.6) is 0 Å². The predicted octanol–water partition coefficient (Wildman–Crippen LogP) is 3.20. The Balaban J connectivity index is 2.12. The molecule has 1 aromatic heterocycles. The number of anilines is 1. The van der Waals surface area contributed by atoms with E-state index < -0.39 is 0 Å². The lowest BCUT2D eigenvalue weighted by Crippen LogP contribution is -2.05. The number of benzene rings is 1. The van der Waals surface area contributed by atoms with E-state index in [0.29, 0.717) is 0 Å². The van der Waals surface area contributed by atoms with Crippen LogP contribution < -0.4 is 5.32 Å². The van der Waals surface area contributed by atoms with Crippen molar-refractivity contribution in [2.45, 2.75) is 30.8 Å². The number of carbonyl (C=O) groups excluding carboxylic acids is 1. The van der Waals surface area contributed by atoms with Gasteiger partial charge < -0.3 is 5.32 Å². The van der Waals surface area contributed by atoms with Crippen LogP contribution in [0.25, 0.3) is 0 Å². The molecule has 0 unspecified atom stereocenters. The van der Waals surface area contributed by atoms with Gasteiger partial charge in [0, 0.05) is 28.9 Å². The Labute approximate surface area is 116 Å². The topological polar surface area (TPSA) is 54.9 Å². The van der Waals surface area contributed by atoms with Crippen LogP contribution in [0.4, 0.5) is 5.69 Å². The second-order valence-electron chi connectivity index (χ2n) is 4.24. The molecule has 0 atom stereocenters. The average molecular weight is 273 g/mol. The van der Waals surface area contributed by atoms with E-state index in [0.717, 1.165) is 27.1 Å². The Morgan fingerprint density at radius 2 is 1.68 bits per heavy atom. The molecule has 0 saturated heterocycles. The van der Waals surface area contributed by atoms with Crippen molar-refractivity contribution >= 4 is 23.4 Å². The molecule has 98 valence electrons. The Morgan fingerprint density at radius 1 is 1.11 bits per heavy atom. The predicted molar refractivity (Wildman–Crippen MR) is 76.4 cm³/mol. The number of hydrogen-bond acceptors (Lipinski definition) is 4. The molecule has 1 N–H and O–H groups in total. The third kappa shape index (κ3) is 4.06. The van der Waals surface area contributed by atoms with Crippen LogP contribution in [0.1, 0.15) is 18.3 Å². The van der Waals surface area contributed by atoms with Crippen molar-refractivity contribution in [3.05, 3.63) is 41.7 Å². The van der Waals surface area contributed by atoms with Gasteiger partial charge in [-0.25, -0.2) is 9.97 Å². The number of rotatable bonds is 3. The minimum absolute atomic E-state index is 0.0713. The average Bonchev–Trinajstić information content (AvgIpc) is 2.29. The van der Waals surface area contributed by atoms with E-state index in [2.05, 4.69) is 15.3 Å². The molecule has 4 nitrogen and oxygen atoms in total. The molecule has 1 amide bonds. The summed E-state index contributed by atoms with van der Waals surface area (Å²) >= 11 is 1.51. The highest BCUT2D eigenvalue weighted by atomic mass is 32.2. The van der Waals surface area contributed by atoms with Gasteiger partial charge in [-0.3, -0.25) is 4.79 Å². The maximum absolute atomic E-state index is 10.9. The summed E-state index contributed by atoms with van der Waals surface area (Å²) in [7, 11) is 0. The molecule has 5 heteroatoms. The monoisotopic (exact) mass is 273 g/mol. The molecule has 2 rings (SSSR count). The van der Waals surface area contributed by atoms with Gasteiger partial charge in [0.2, 0.25) is 5.91 Å². The van der Waals surface area contributed by atoms with Crippen molar-refractivity contribution in [2.24, 2.45) is 0 Å². The quantitative estimate of drug-likeness (QED) is 0.872. The molecule has 0 spiro atoms.